The van der Waals surface area contributed by atoms with Crippen molar-refractivity contribution in [1.29, 1.82) is 0 Å². The van der Waals surface area contributed by atoms with Crippen molar-refractivity contribution >= 4 is 11.6 Å². The van der Waals surface area contributed by atoms with E-state index in [4.69, 9.17) is 4.52 Å². The lowest BCUT2D eigenvalue weighted by molar-refractivity contribution is -0.117. The average molecular weight is 420 g/mol. The van der Waals surface area contributed by atoms with Gasteiger partial charge in [-0.05, 0) is 38.0 Å². The molecule has 2 heterocycles. The largest absolute Gasteiger partial charge is 0.338 e. The molecule has 3 aromatic rings. The molecular formula is C24H29N5O2. The molecule has 2 aromatic carbocycles. The Kier molecular flexibility index (Phi) is 6.44. The average Bonchev–Trinajstić information content (AvgIpc) is 3.22. The summed E-state index contributed by atoms with van der Waals surface area (Å²) in [5.41, 5.74) is 5.35. The normalized spacial score (nSPS) is 15.2. The van der Waals surface area contributed by atoms with Crippen LogP contribution in [0.5, 0.6) is 0 Å². The van der Waals surface area contributed by atoms with Crippen LogP contribution in [0.2, 0.25) is 0 Å². The predicted octanol–water partition coefficient (Wildman–Crippen LogP) is 3.42. The summed E-state index contributed by atoms with van der Waals surface area (Å²) in [6.45, 7) is 10.6. The second-order valence-electron chi connectivity index (χ2n) is 8.23. The summed E-state index contributed by atoms with van der Waals surface area (Å²) in [6.07, 6.45) is 0. The van der Waals surface area contributed by atoms with Crippen LogP contribution >= 0.6 is 0 Å². The van der Waals surface area contributed by atoms with E-state index in [0.717, 1.165) is 43.0 Å². The number of piperazine rings is 1. The van der Waals surface area contributed by atoms with Gasteiger partial charge in [-0.2, -0.15) is 4.98 Å². The van der Waals surface area contributed by atoms with Gasteiger partial charge in [-0.1, -0.05) is 47.1 Å². The van der Waals surface area contributed by atoms with Crippen LogP contribution in [-0.4, -0.2) is 58.6 Å². The molecule has 1 saturated heterocycles. The summed E-state index contributed by atoms with van der Waals surface area (Å²) >= 11 is 0. The zero-order valence-corrected chi connectivity index (χ0v) is 18.4. The van der Waals surface area contributed by atoms with Crippen molar-refractivity contribution in [3.05, 3.63) is 65.0 Å². The van der Waals surface area contributed by atoms with Gasteiger partial charge in [0.15, 0.2) is 0 Å². The van der Waals surface area contributed by atoms with Crippen molar-refractivity contribution in [2.45, 2.75) is 27.3 Å². The maximum absolute atomic E-state index is 12.5. The van der Waals surface area contributed by atoms with E-state index in [-0.39, 0.29) is 5.91 Å². The van der Waals surface area contributed by atoms with Gasteiger partial charge in [-0.3, -0.25) is 14.6 Å². The van der Waals surface area contributed by atoms with Gasteiger partial charge >= 0.3 is 0 Å². The minimum Gasteiger partial charge on any atom is -0.338 e. The highest BCUT2D eigenvalue weighted by atomic mass is 16.5. The van der Waals surface area contributed by atoms with Gasteiger partial charge in [0, 0.05) is 37.4 Å². The number of hydrogen-bond acceptors (Lipinski definition) is 6. The number of rotatable bonds is 6. The molecule has 1 aliphatic heterocycles. The van der Waals surface area contributed by atoms with Gasteiger partial charge in [0.05, 0.1) is 13.1 Å². The van der Waals surface area contributed by atoms with E-state index in [1.807, 2.05) is 43.3 Å². The number of aromatic nitrogens is 2. The zero-order valence-electron chi connectivity index (χ0n) is 18.4. The van der Waals surface area contributed by atoms with E-state index in [2.05, 4.69) is 45.2 Å². The lowest BCUT2D eigenvalue weighted by atomic mass is 10.1. The lowest BCUT2D eigenvalue weighted by Crippen LogP contribution is -2.48. The van der Waals surface area contributed by atoms with Gasteiger partial charge in [0.1, 0.15) is 0 Å². The summed E-state index contributed by atoms with van der Waals surface area (Å²) < 4.78 is 5.45. The van der Waals surface area contributed by atoms with E-state index in [1.54, 1.807) is 0 Å². The monoisotopic (exact) mass is 419 g/mol. The molecule has 1 amide bonds. The molecular weight excluding hydrogens is 390 g/mol. The number of carbonyl (C=O) groups excluding carboxylic acids is 1. The molecule has 1 fully saturated rings. The van der Waals surface area contributed by atoms with E-state index in [0.29, 0.717) is 24.8 Å². The van der Waals surface area contributed by atoms with Crippen molar-refractivity contribution in [2.24, 2.45) is 0 Å². The summed E-state index contributed by atoms with van der Waals surface area (Å²) in [5, 5.41) is 7.16. The topological polar surface area (TPSA) is 74.5 Å². The van der Waals surface area contributed by atoms with Crippen LogP contribution in [0.4, 0.5) is 5.69 Å². The zero-order chi connectivity index (χ0) is 21.8. The van der Waals surface area contributed by atoms with Crippen LogP contribution in [-0.2, 0) is 11.3 Å². The molecule has 0 atom stereocenters. The first kappa shape index (κ1) is 21.2. The third kappa shape index (κ3) is 5.37. The molecule has 0 spiro atoms. The second kappa shape index (κ2) is 9.41. The maximum Gasteiger partial charge on any atom is 0.241 e. The summed E-state index contributed by atoms with van der Waals surface area (Å²) in [4.78, 5) is 21.5. The van der Waals surface area contributed by atoms with Crippen LogP contribution < -0.4 is 5.32 Å². The van der Waals surface area contributed by atoms with Gasteiger partial charge < -0.3 is 9.84 Å². The molecule has 1 aliphatic rings. The molecule has 4 rings (SSSR count). The Morgan fingerprint density at radius 1 is 1.00 bits per heavy atom. The number of nitrogens with one attached hydrogen (secondary N) is 1. The van der Waals surface area contributed by atoms with Crippen LogP contribution in [0.25, 0.3) is 11.4 Å². The van der Waals surface area contributed by atoms with Crippen molar-refractivity contribution in [3.8, 4) is 11.4 Å². The number of benzene rings is 2. The fourth-order valence-electron chi connectivity index (χ4n) is 3.72. The quantitative estimate of drug-likeness (QED) is 0.660. The molecule has 0 unspecified atom stereocenters. The Labute approximate surface area is 183 Å². The summed E-state index contributed by atoms with van der Waals surface area (Å²) in [7, 11) is 0. The van der Waals surface area contributed by atoms with Gasteiger partial charge in [-0.15, -0.1) is 0 Å². The van der Waals surface area contributed by atoms with Crippen molar-refractivity contribution in [3.63, 3.8) is 0 Å². The molecule has 31 heavy (non-hydrogen) atoms. The lowest BCUT2D eigenvalue weighted by Gasteiger charge is -2.33. The van der Waals surface area contributed by atoms with Crippen LogP contribution in [0, 0.1) is 20.8 Å². The van der Waals surface area contributed by atoms with Crippen molar-refractivity contribution in [1.82, 2.24) is 19.9 Å². The number of nitrogens with zero attached hydrogens (tertiary/aromatic N) is 4. The molecule has 162 valence electrons. The third-order valence-corrected chi connectivity index (χ3v) is 5.85. The summed E-state index contributed by atoms with van der Waals surface area (Å²) in [6, 6.07) is 14.1. The van der Waals surface area contributed by atoms with Crippen LogP contribution in [0.15, 0.2) is 47.0 Å². The van der Waals surface area contributed by atoms with E-state index >= 15 is 0 Å². The van der Waals surface area contributed by atoms with Gasteiger partial charge in [-0.25, -0.2) is 0 Å². The highest BCUT2D eigenvalue weighted by Crippen LogP contribution is 2.19. The molecule has 7 nitrogen and oxygen atoms in total. The number of hydrogen-bond donors (Lipinski definition) is 1. The fraction of sp³-hybridized carbons (Fsp3) is 0.375. The molecule has 7 heteroatoms. The first-order valence-electron chi connectivity index (χ1n) is 10.7. The first-order chi connectivity index (χ1) is 15.0. The molecule has 0 radical (unpaired) electrons. The fourth-order valence-corrected chi connectivity index (χ4v) is 3.72. The Morgan fingerprint density at radius 2 is 1.71 bits per heavy atom. The molecule has 1 aromatic heterocycles. The molecule has 0 aliphatic carbocycles. The maximum atomic E-state index is 12.5. The Hall–Kier alpha value is -3.03. The molecule has 1 N–H and O–H groups in total. The number of carbonyl (C=O) groups is 1. The van der Waals surface area contributed by atoms with Gasteiger partial charge in [0.2, 0.25) is 17.6 Å². The molecule has 0 bridgehead atoms. The Morgan fingerprint density at radius 3 is 2.45 bits per heavy atom. The number of amides is 1. The van der Waals surface area contributed by atoms with Crippen LogP contribution in [0.3, 0.4) is 0 Å². The third-order valence-electron chi connectivity index (χ3n) is 5.85. The number of aryl methyl sites for hydroxylation is 2. The minimum atomic E-state index is 0.0294. The Balaban J connectivity index is 1.25. The highest BCUT2D eigenvalue weighted by Gasteiger charge is 2.21. The predicted molar refractivity (Wildman–Crippen MR) is 121 cm³/mol. The van der Waals surface area contributed by atoms with Crippen molar-refractivity contribution in [2.75, 3.05) is 38.0 Å². The number of anilines is 1. The van der Waals surface area contributed by atoms with Crippen molar-refractivity contribution < 1.29 is 9.32 Å². The standard InChI is InChI=1S/C24H29N5O2/c1-17-7-9-20(10-8-17)24-26-23(31-27-24)16-29-13-11-28(12-14-29)15-22(30)25-21-6-4-5-18(2)19(21)3/h4-10H,11-16H2,1-3H3,(H,25,30). The van der Waals surface area contributed by atoms with Crippen LogP contribution in [0.1, 0.15) is 22.6 Å². The van der Waals surface area contributed by atoms with E-state index < -0.39 is 0 Å². The first-order valence-corrected chi connectivity index (χ1v) is 10.7. The Bertz CT molecular complexity index is 1040. The molecule has 0 saturated carbocycles. The van der Waals surface area contributed by atoms with Gasteiger partial charge in [0.25, 0.3) is 0 Å². The SMILES string of the molecule is Cc1ccc(-c2noc(CN3CCN(CC(=O)Nc4cccc(C)c4C)CC3)n2)cc1. The minimum absolute atomic E-state index is 0.0294. The summed E-state index contributed by atoms with van der Waals surface area (Å²) in [5.74, 6) is 1.27. The second-order valence-corrected chi connectivity index (χ2v) is 8.23. The smallest absolute Gasteiger partial charge is 0.241 e. The van der Waals surface area contributed by atoms with E-state index in [1.165, 1.54) is 11.1 Å². The highest BCUT2D eigenvalue weighted by molar-refractivity contribution is 5.93. The van der Waals surface area contributed by atoms with E-state index in [9.17, 15) is 4.79 Å².